The molecule has 4 nitrogen and oxygen atoms in total. The standard InChI is InChI=1S/C14H16N2O2/c1-3-18-13-6-12(7-15-9-13)14(17)11-5-4-10(2)16-8-11/h4-9,14,17H,3H2,1-2H3. The molecule has 2 aromatic rings. The minimum Gasteiger partial charge on any atom is -0.492 e. The van der Waals surface area contributed by atoms with Gasteiger partial charge in [0.25, 0.3) is 0 Å². The maximum absolute atomic E-state index is 10.2. The monoisotopic (exact) mass is 244 g/mol. The maximum Gasteiger partial charge on any atom is 0.137 e. The first-order valence-corrected chi connectivity index (χ1v) is 5.89. The molecule has 1 N–H and O–H groups in total. The number of nitrogens with zero attached hydrogens (tertiary/aromatic N) is 2. The average Bonchev–Trinajstić information content (AvgIpc) is 2.39. The quantitative estimate of drug-likeness (QED) is 0.896. The van der Waals surface area contributed by atoms with Crippen molar-refractivity contribution in [1.29, 1.82) is 0 Å². The summed E-state index contributed by atoms with van der Waals surface area (Å²) in [6.07, 6.45) is 4.21. The van der Waals surface area contributed by atoms with E-state index in [0.717, 1.165) is 11.3 Å². The number of aliphatic hydroxyl groups is 1. The average molecular weight is 244 g/mol. The summed E-state index contributed by atoms with van der Waals surface area (Å²) in [5.41, 5.74) is 2.37. The summed E-state index contributed by atoms with van der Waals surface area (Å²) in [4.78, 5) is 8.23. The summed E-state index contributed by atoms with van der Waals surface area (Å²) in [6, 6.07) is 5.53. The number of hydrogen-bond donors (Lipinski definition) is 1. The van der Waals surface area contributed by atoms with Crippen LogP contribution in [0.15, 0.2) is 36.8 Å². The summed E-state index contributed by atoms with van der Waals surface area (Å²) in [7, 11) is 0. The molecule has 4 heteroatoms. The first-order valence-electron chi connectivity index (χ1n) is 5.89. The lowest BCUT2D eigenvalue weighted by Crippen LogP contribution is -2.02. The predicted molar refractivity (Wildman–Crippen MR) is 68.4 cm³/mol. The normalized spacial score (nSPS) is 12.2. The predicted octanol–water partition coefficient (Wildman–Crippen LogP) is 2.27. The van der Waals surface area contributed by atoms with Gasteiger partial charge in [-0.25, -0.2) is 0 Å². The van der Waals surface area contributed by atoms with Gasteiger partial charge >= 0.3 is 0 Å². The van der Waals surface area contributed by atoms with Crippen LogP contribution in [0.1, 0.15) is 29.8 Å². The molecule has 0 aliphatic heterocycles. The fourth-order valence-electron chi connectivity index (χ4n) is 1.66. The number of rotatable bonds is 4. The van der Waals surface area contributed by atoms with Crippen molar-refractivity contribution >= 4 is 0 Å². The molecule has 0 saturated heterocycles. The lowest BCUT2D eigenvalue weighted by atomic mass is 10.0. The van der Waals surface area contributed by atoms with Gasteiger partial charge in [-0.1, -0.05) is 6.07 Å². The number of ether oxygens (including phenoxy) is 1. The molecule has 1 atom stereocenters. The van der Waals surface area contributed by atoms with Crippen LogP contribution in [0.4, 0.5) is 0 Å². The fraction of sp³-hybridized carbons (Fsp3) is 0.286. The van der Waals surface area contributed by atoms with Crippen molar-refractivity contribution < 1.29 is 9.84 Å². The van der Waals surface area contributed by atoms with E-state index in [1.807, 2.05) is 26.0 Å². The third-order valence-corrected chi connectivity index (χ3v) is 2.61. The molecule has 2 rings (SSSR count). The molecule has 0 bridgehead atoms. The molecule has 0 radical (unpaired) electrons. The molecule has 2 aromatic heterocycles. The Morgan fingerprint density at radius 3 is 2.72 bits per heavy atom. The molecule has 0 saturated carbocycles. The molecule has 1 unspecified atom stereocenters. The van der Waals surface area contributed by atoms with Crippen LogP contribution < -0.4 is 4.74 Å². The van der Waals surface area contributed by atoms with E-state index in [2.05, 4.69) is 9.97 Å². The Hall–Kier alpha value is -1.94. The summed E-state index contributed by atoms with van der Waals surface area (Å²) in [6.45, 7) is 4.40. The van der Waals surface area contributed by atoms with Crippen LogP contribution in [0.2, 0.25) is 0 Å². The van der Waals surface area contributed by atoms with E-state index in [9.17, 15) is 5.11 Å². The van der Waals surface area contributed by atoms with E-state index in [1.54, 1.807) is 24.7 Å². The van der Waals surface area contributed by atoms with Gasteiger partial charge in [0.05, 0.1) is 12.8 Å². The summed E-state index contributed by atoms with van der Waals surface area (Å²) < 4.78 is 5.36. The molecule has 0 fully saturated rings. The first kappa shape index (κ1) is 12.5. The zero-order valence-corrected chi connectivity index (χ0v) is 10.5. The van der Waals surface area contributed by atoms with Gasteiger partial charge in [-0.05, 0) is 26.0 Å². The second kappa shape index (κ2) is 5.60. The molecule has 0 spiro atoms. The van der Waals surface area contributed by atoms with Gasteiger partial charge in [-0.15, -0.1) is 0 Å². The van der Waals surface area contributed by atoms with Gasteiger partial charge in [-0.3, -0.25) is 9.97 Å². The van der Waals surface area contributed by atoms with Crippen LogP contribution in [0.3, 0.4) is 0 Å². The SMILES string of the molecule is CCOc1cncc(C(O)c2ccc(C)nc2)c1. The second-order valence-corrected chi connectivity index (χ2v) is 4.02. The van der Waals surface area contributed by atoms with Gasteiger partial charge in [0.1, 0.15) is 11.9 Å². The molecule has 18 heavy (non-hydrogen) atoms. The zero-order chi connectivity index (χ0) is 13.0. The highest BCUT2D eigenvalue weighted by atomic mass is 16.5. The number of aryl methyl sites for hydroxylation is 1. The van der Waals surface area contributed by atoms with Crippen molar-refractivity contribution in [2.24, 2.45) is 0 Å². The van der Waals surface area contributed by atoms with Crippen LogP contribution in [-0.4, -0.2) is 21.7 Å². The van der Waals surface area contributed by atoms with Crippen LogP contribution in [-0.2, 0) is 0 Å². The highest BCUT2D eigenvalue weighted by molar-refractivity contribution is 5.31. The zero-order valence-electron chi connectivity index (χ0n) is 10.5. The fourth-order valence-corrected chi connectivity index (χ4v) is 1.66. The first-order chi connectivity index (χ1) is 8.70. The van der Waals surface area contributed by atoms with E-state index in [4.69, 9.17) is 4.74 Å². The van der Waals surface area contributed by atoms with Crippen molar-refractivity contribution in [2.45, 2.75) is 20.0 Å². The van der Waals surface area contributed by atoms with Crippen molar-refractivity contribution in [2.75, 3.05) is 6.61 Å². The topological polar surface area (TPSA) is 55.2 Å². The van der Waals surface area contributed by atoms with Crippen LogP contribution in [0, 0.1) is 6.92 Å². The number of aliphatic hydroxyl groups excluding tert-OH is 1. The van der Waals surface area contributed by atoms with E-state index < -0.39 is 6.10 Å². The summed E-state index contributed by atoms with van der Waals surface area (Å²) in [5, 5.41) is 10.2. The molecule has 0 aliphatic carbocycles. The van der Waals surface area contributed by atoms with E-state index in [0.29, 0.717) is 17.9 Å². The van der Waals surface area contributed by atoms with Gasteiger partial charge in [0.2, 0.25) is 0 Å². The van der Waals surface area contributed by atoms with Crippen molar-refractivity contribution in [3.05, 3.63) is 53.6 Å². The smallest absolute Gasteiger partial charge is 0.137 e. The Labute approximate surface area is 106 Å². The molecule has 94 valence electrons. The third-order valence-electron chi connectivity index (χ3n) is 2.61. The van der Waals surface area contributed by atoms with Crippen molar-refractivity contribution in [3.8, 4) is 5.75 Å². The van der Waals surface area contributed by atoms with Gasteiger partial charge < -0.3 is 9.84 Å². The minimum absolute atomic E-state index is 0.577. The highest BCUT2D eigenvalue weighted by Gasteiger charge is 2.12. The lowest BCUT2D eigenvalue weighted by molar-refractivity contribution is 0.218. The Bertz CT molecular complexity index is 511. The Morgan fingerprint density at radius 2 is 2.06 bits per heavy atom. The van der Waals surface area contributed by atoms with Crippen molar-refractivity contribution in [3.63, 3.8) is 0 Å². The number of hydrogen-bond acceptors (Lipinski definition) is 4. The third kappa shape index (κ3) is 2.84. The van der Waals surface area contributed by atoms with Gasteiger partial charge in [-0.2, -0.15) is 0 Å². The Balaban J connectivity index is 2.24. The number of aromatic nitrogens is 2. The number of pyridine rings is 2. The van der Waals surface area contributed by atoms with Crippen LogP contribution >= 0.6 is 0 Å². The second-order valence-electron chi connectivity index (χ2n) is 4.02. The van der Waals surface area contributed by atoms with Crippen molar-refractivity contribution in [1.82, 2.24) is 9.97 Å². The molecular weight excluding hydrogens is 228 g/mol. The van der Waals surface area contributed by atoms with Crippen LogP contribution in [0.25, 0.3) is 0 Å². The minimum atomic E-state index is -0.731. The lowest BCUT2D eigenvalue weighted by Gasteiger charge is -2.12. The van der Waals surface area contributed by atoms with E-state index in [1.165, 1.54) is 0 Å². The molecule has 0 amide bonds. The molecule has 0 aliphatic rings. The van der Waals surface area contributed by atoms with Crippen LogP contribution in [0.5, 0.6) is 5.75 Å². The Morgan fingerprint density at radius 1 is 1.22 bits per heavy atom. The summed E-state index contributed by atoms with van der Waals surface area (Å²) in [5.74, 6) is 0.661. The summed E-state index contributed by atoms with van der Waals surface area (Å²) >= 11 is 0. The van der Waals surface area contributed by atoms with E-state index >= 15 is 0 Å². The molecule has 0 aromatic carbocycles. The maximum atomic E-state index is 10.2. The van der Waals surface area contributed by atoms with E-state index in [-0.39, 0.29) is 0 Å². The van der Waals surface area contributed by atoms with Gasteiger partial charge in [0.15, 0.2) is 0 Å². The molecule has 2 heterocycles. The largest absolute Gasteiger partial charge is 0.492 e. The van der Waals surface area contributed by atoms with Gasteiger partial charge in [0, 0.05) is 29.2 Å². The Kier molecular flexibility index (Phi) is 3.89. The highest BCUT2D eigenvalue weighted by Crippen LogP contribution is 2.23. The molecular formula is C14H16N2O2.